The van der Waals surface area contributed by atoms with E-state index in [1.165, 1.54) is 27.9 Å². The first kappa shape index (κ1) is 22.6. The van der Waals surface area contributed by atoms with Crippen molar-refractivity contribution >= 4 is 28.8 Å². The van der Waals surface area contributed by atoms with Crippen LogP contribution in [-0.2, 0) is 11.2 Å². The minimum atomic E-state index is -0.875. The van der Waals surface area contributed by atoms with Gasteiger partial charge in [0.2, 0.25) is 5.91 Å². The fourth-order valence-corrected chi connectivity index (χ4v) is 4.08. The minimum Gasteiger partial charge on any atom is -0.329 e. The van der Waals surface area contributed by atoms with E-state index < -0.39 is 23.2 Å². The second-order valence-electron chi connectivity index (χ2n) is 6.95. The second-order valence-corrected chi connectivity index (χ2v) is 7.95. The molecule has 0 aliphatic carbocycles. The Kier molecular flexibility index (Phi) is 7.12. The molecule has 0 unspecified atom stereocenters. The van der Waals surface area contributed by atoms with E-state index in [1.807, 2.05) is 24.3 Å². The lowest BCUT2D eigenvalue weighted by Crippen LogP contribution is -2.38. The van der Waals surface area contributed by atoms with Crippen molar-refractivity contribution in [3.05, 3.63) is 70.2 Å². The van der Waals surface area contributed by atoms with Crippen molar-refractivity contribution in [2.75, 3.05) is 18.4 Å². The van der Waals surface area contributed by atoms with Crippen LogP contribution in [0.4, 0.5) is 14.5 Å². The second kappa shape index (κ2) is 9.78. The number of para-hydroxylation sites is 1. The molecule has 0 atom stereocenters. The maximum atomic E-state index is 13.8. The average molecular weight is 444 g/mol. The molecule has 8 heteroatoms. The van der Waals surface area contributed by atoms with Gasteiger partial charge in [-0.1, -0.05) is 37.3 Å². The number of likely N-dealkylation sites (N-methyl/N-ethyl adjacent to an activating group) is 1. The van der Waals surface area contributed by atoms with Crippen LogP contribution in [0.25, 0.3) is 10.6 Å². The Bertz CT molecular complexity index is 1080. The van der Waals surface area contributed by atoms with Gasteiger partial charge in [0.25, 0.3) is 5.91 Å². The van der Waals surface area contributed by atoms with E-state index in [-0.39, 0.29) is 19.0 Å². The number of nitrogens with zero attached hydrogens (tertiary/aromatic N) is 2. The number of rotatable bonds is 7. The third-order valence-corrected chi connectivity index (χ3v) is 6.03. The molecule has 5 nitrogen and oxygen atoms in total. The van der Waals surface area contributed by atoms with Crippen molar-refractivity contribution in [1.82, 2.24) is 9.88 Å². The summed E-state index contributed by atoms with van der Waals surface area (Å²) in [6, 6.07) is 11.3. The predicted octanol–water partition coefficient (Wildman–Crippen LogP) is 5.06. The molecule has 0 aliphatic rings. The largest absolute Gasteiger partial charge is 0.329 e. The van der Waals surface area contributed by atoms with E-state index in [0.717, 1.165) is 29.1 Å². The van der Waals surface area contributed by atoms with Gasteiger partial charge in [-0.05, 0) is 38.0 Å². The topological polar surface area (TPSA) is 62.3 Å². The van der Waals surface area contributed by atoms with Crippen LogP contribution < -0.4 is 5.32 Å². The highest BCUT2D eigenvalue weighted by molar-refractivity contribution is 7.17. The zero-order valence-corrected chi connectivity index (χ0v) is 18.4. The van der Waals surface area contributed by atoms with Gasteiger partial charge in [0.05, 0.1) is 5.69 Å². The first-order valence-electron chi connectivity index (χ1n) is 9.93. The molecule has 1 aromatic heterocycles. The van der Waals surface area contributed by atoms with Gasteiger partial charge in [0.1, 0.15) is 33.8 Å². The van der Waals surface area contributed by atoms with Crippen molar-refractivity contribution in [3.8, 4) is 10.6 Å². The van der Waals surface area contributed by atoms with Gasteiger partial charge in [-0.15, -0.1) is 11.3 Å². The number of benzene rings is 2. The zero-order chi connectivity index (χ0) is 22.5. The smallest absolute Gasteiger partial charge is 0.266 e. The monoisotopic (exact) mass is 443 g/mol. The molecule has 0 spiro atoms. The van der Waals surface area contributed by atoms with Crippen molar-refractivity contribution in [2.45, 2.75) is 27.2 Å². The van der Waals surface area contributed by atoms with Crippen LogP contribution in [0.2, 0.25) is 0 Å². The summed E-state index contributed by atoms with van der Waals surface area (Å²) in [5.74, 6) is -2.78. The van der Waals surface area contributed by atoms with Crippen molar-refractivity contribution in [2.24, 2.45) is 0 Å². The fraction of sp³-hybridized carbons (Fsp3) is 0.261. The SMILES string of the molecule is CCc1ccc(-c2nc(C)c(C(=O)N(CC)CC(=O)Nc3c(F)cccc3F)s2)cc1. The highest BCUT2D eigenvalue weighted by atomic mass is 32.1. The van der Waals surface area contributed by atoms with Gasteiger partial charge in [-0.25, -0.2) is 13.8 Å². The van der Waals surface area contributed by atoms with Crippen LogP contribution in [0.5, 0.6) is 0 Å². The first-order chi connectivity index (χ1) is 14.8. The maximum Gasteiger partial charge on any atom is 0.266 e. The number of aromatic nitrogens is 1. The van der Waals surface area contributed by atoms with Crippen LogP contribution in [-0.4, -0.2) is 34.8 Å². The van der Waals surface area contributed by atoms with Gasteiger partial charge in [0.15, 0.2) is 0 Å². The van der Waals surface area contributed by atoms with Crippen LogP contribution in [0.1, 0.15) is 34.8 Å². The Morgan fingerprint density at radius 2 is 1.71 bits per heavy atom. The number of carbonyl (C=O) groups is 2. The summed E-state index contributed by atoms with van der Waals surface area (Å²) in [5, 5.41) is 2.93. The molecule has 0 fully saturated rings. The number of halogens is 2. The van der Waals surface area contributed by atoms with Crippen LogP contribution >= 0.6 is 11.3 Å². The summed E-state index contributed by atoms with van der Waals surface area (Å²) in [5.41, 5.74) is 2.18. The molecule has 0 radical (unpaired) electrons. The molecule has 31 heavy (non-hydrogen) atoms. The summed E-state index contributed by atoms with van der Waals surface area (Å²) < 4.78 is 27.6. The molecule has 162 valence electrons. The van der Waals surface area contributed by atoms with E-state index in [9.17, 15) is 18.4 Å². The van der Waals surface area contributed by atoms with Gasteiger partial charge < -0.3 is 10.2 Å². The third-order valence-electron chi connectivity index (χ3n) is 4.83. The number of amides is 2. The molecule has 0 bridgehead atoms. The predicted molar refractivity (Wildman–Crippen MR) is 118 cm³/mol. The quantitative estimate of drug-likeness (QED) is 0.555. The molecule has 0 saturated carbocycles. The standard InChI is InChI=1S/C23H23F2N3O2S/c1-4-15-9-11-16(12-10-15)22-26-14(3)21(31-22)23(30)28(5-2)13-19(29)27-20-17(24)7-6-8-18(20)25/h6-12H,4-5,13H2,1-3H3,(H,27,29). The summed E-state index contributed by atoms with van der Waals surface area (Å²) in [4.78, 5) is 31.6. The van der Waals surface area contributed by atoms with Crippen LogP contribution in [0.3, 0.4) is 0 Å². The lowest BCUT2D eigenvalue weighted by Gasteiger charge is -2.20. The van der Waals surface area contributed by atoms with E-state index in [4.69, 9.17) is 0 Å². The van der Waals surface area contributed by atoms with Gasteiger partial charge >= 0.3 is 0 Å². The average Bonchev–Trinajstić information content (AvgIpc) is 3.16. The van der Waals surface area contributed by atoms with Crippen molar-refractivity contribution < 1.29 is 18.4 Å². The number of anilines is 1. The van der Waals surface area contributed by atoms with Crippen LogP contribution in [0, 0.1) is 18.6 Å². The molecule has 2 aromatic carbocycles. The highest BCUT2D eigenvalue weighted by Gasteiger charge is 2.23. The number of hydrogen-bond acceptors (Lipinski definition) is 4. The van der Waals surface area contributed by atoms with E-state index in [0.29, 0.717) is 10.6 Å². The number of nitrogens with one attached hydrogen (secondary N) is 1. The van der Waals surface area contributed by atoms with Gasteiger partial charge in [-0.3, -0.25) is 9.59 Å². The molecule has 1 N–H and O–H groups in total. The molecular formula is C23H23F2N3O2S. The van der Waals surface area contributed by atoms with Crippen molar-refractivity contribution in [3.63, 3.8) is 0 Å². The molecule has 0 saturated heterocycles. The molecule has 0 aliphatic heterocycles. The Labute approximate surface area is 183 Å². The number of aryl methyl sites for hydroxylation is 2. The molecular weight excluding hydrogens is 420 g/mol. The Morgan fingerprint density at radius 1 is 1.06 bits per heavy atom. The zero-order valence-electron chi connectivity index (χ0n) is 17.5. The molecule has 3 aromatic rings. The minimum absolute atomic E-state index is 0.254. The number of hydrogen-bond donors (Lipinski definition) is 1. The van der Waals surface area contributed by atoms with Gasteiger partial charge in [0, 0.05) is 12.1 Å². The Morgan fingerprint density at radius 3 is 2.29 bits per heavy atom. The Hall–Kier alpha value is -3.13. The van der Waals surface area contributed by atoms with E-state index in [1.54, 1.807) is 13.8 Å². The lowest BCUT2D eigenvalue weighted by molar-refractivity contribution is -0.116. The fourth-order valence-electron chi connectivity index (χ4n) is 3.04. The summed E-state index contributed by atoms with van der Waals surface area (Å²) in [6.07, 6.45) is 0.936. The van der Waals surface area contributed by atoms with E-state index in [2.05, 4.69) is 17.2 Å². The molecule has 3 rings (SSSR count). The van der Waals surface area contributed by atoms with Crippen LogP contribution in [0.15, 0.2) is 42.5 Å². The van der Waals surface area contributed by atoms with E-state index >= 15 is 0 Å². The molecule has 1 heterocycles. The summed E-state index contributed by atoms with van der Waals surface area (Å²) >= 11 is 1.26. The highest BCUT2D eigenvalue weighted by Crippen LogP contribution is 2.29. The summed E-state index contributed by atoms with van der Waals surface area (Å²) in [6.45, 7) is 5.48. The number of thiazole rings is 1. The lowest BCUT2D eigenvalue weighted by atomic mass is 10.1. The first-order valence-corrected chi connectivity index (χ1v) is 10.8. The normalized spacial score (nSPS) is 10.7. The maximum absolute atomic E-state index is 13.8. The number of carbonyl (C=O) groups excluding carboxylic acids is 2. The third kappa shape index (κ3) is 5.14. The van der Waals surface area contributed by atoms with Crippen molar-refractivity contribution in [1.29, 1.82) is 0 Å². The molecule has 2 amide bonds. The Balaban J connectivity index is 1.75. The summed E-state index contributed by atoms with van der Waals surface area (Å²) in [7, 11) is 0. The van der Waals surface area contributed by atoms with Gasteiger partial charge in [-0.2, -0.15) is 0 Å².